The molecule has 0 saturated heterocycles. The molecule has 1 N–H and O–H groups in total. The first-order valence-electron chi connectivity index (χ1n) is 7.99. The Balaban J connectivity index is 1.92. The van der Waals surface area contributed by atoms with Crippen LogP contribution in [0.4, 0.5) is 5.69 Å². The Hall–Kier alpha value is -3.00. The highest BCUT2D eigenvalue weighted by Crippen LogP contribution is 2.12. The van der Waals surface area contributed by atoms with Gasteiger partial charge in [-0.15, -0.1) is 0 Å². The highest BCUT2D eigenvalue weighted by atomic mass is 32.2. The lowest BCUT2D eigenvalue weighted by molar-refractivity contribution is -0.114. The number of carbonyl (C=O) groups excluding carboxylic acids is 3. The predicted octanol–water partition coefficient (Wildman–Crippen LogP) is 2.23. The summed E-state index contributed by atoms with van der Waals surface area (Å²) < 4.78 is 27.5. The number of anilines is 1. The number of sulfone groups is 1. The summed E-state index contributed by atoms with van der Waals surface area (Å²) in [4.78, 5) is 35.1. The van der Waals surface area contributed by atoms with Crippen LogP contribution in [0.1, 0.15) is 33.2 Å². The number of Topliss-reactive ketones (excluding diaryl/α,β-unsaturated/α-hetero) is 1. The van der Waals surface area contributed by atoms with Gasteiger partial charge in [0.25, 0.3) is 0 Å². The number of esters is 1. The van der Waals surface area contributed by atoms with E-state index in [2.05, 4.69) is 5.32 Å². The zero-order valence-corrected chi connectivity index (χ0v) is 15.7. The molecule has 0 saturated carbocycles. The Morgan fingerprint density at radius 1 is 0.926 bits per heavy atom. The van der Waals surface area contributed by atoms with Gasteiger partial charge in [0.15, 0.2) is 22.2 Å². The summed E-state index contributed by atoms with van der Waals surface area (Å²) in [6.07, 6.45) is 1.13. The number of carbonyl (C=O) groups is 3. The Morgan fingerprint density at radius 2 is 1.48 bits per heavy atom. The molecule has 0 unspecified atom stereocenters. The smallest absolute Gasteiger partial charge is 0.338 e. The van der Waals surface area contributed by atoms with Crippen molar-refractivity contribution in [2.45, 2.75) is 12.7 Å². The van der Waals surface area contributed by atoms with Gasteiger partial charge >= 0.3 is 5.97 Å². The molecule has 0 bridgehead atoms. The molecule has 0 aliphatic carbocycles. The van der Waals surface area contributed by atoms with Gasteiger partial charge in [0, 0.05) is 24.4 Å². The van der Waals surface area contributed by atoms with Crippen molar-refractivity contribution in [3.05, 3.63) is 65.2 Å². The average molecular weight is 389 g/mol. The highest BCUT2D eigenvalue weighted by molar-refractivity contribution is 7.89. The normalized spacial score (nSPS) is 10.9. The van der Waals surface area contributed by atoms with E-state index in [1.165, 1.54) is 43.3 Å². The van der Waals surface area contributed by atoms with Crippen molar-refractivity contribution < 1.29 is 27.5 Å². The largest absolute Gasteiger partial charge is 0.454 e. The van der Waals surface area contributed by atoms with Crippen LogP contribution in [0, 0.1) is 0 Å². The minimum atomic E-state index is -3.16. The summed E-state index contributed by atoms with van der Waals surface area (Å²) >= 11 is 0. The number of hydrogen-bond acceptors (Lipinski definition) is 6. The van der Waals surface area contributed by atoms with Gasteiger partial charge in [-0.2, -0.15) is 0 Å². The van der Waals surface area contributed by atoms with Crippen LogP contribution in [0.25, 0.3) is 0 Å². The molecule has 8 heteroatoms. The van der Waals surface area contributed by atoms with Gasteiger partial charge in [-0.1, -0.05) is 12.1 Å². The molecule has 0 aromatic heterocycles. The van der Waals surface area contributed by atoms with E-state index in [-0.39, 0.29) is 23.0 Å². The van der Waals surface area contributed by atoms with Crippen LogP contribution in [-0.4, -0.2) is 38.9 Å². The Bertz CT molecular complexity index is 947. The highest BCUT2D eigenvalue weighted by Gasteiger charge is 2.13. The van der Waals surface area contributed by atoms with Crippen molar-refractivity contribution >= 4 is 33.2 Å². The van der Waals surface area contributed by atoms with Crippen molar-refractivity contribution in [1.29, 1.82) is 0 Å². The fourth-order valence-electron chi connectivity index (χ4n) is 2.28. The van der Waals surface area contributed by atoms with E-state index < -0.39 is 22.4 Å². The third-order valence-electron chi connectivity index (χ3n) is 3.48. The summed E-state index contributed by atoms with van der Waals surface area (Å²) in [5.41, 5.74) is 1.69. The first kappa shape index (κ1) is 20.3. The molecular formula is C19H19NO6S. The monoisotopic (exact) mass is 389 g/mol. The molecule has 0 radical (unpaired) electrons. The SMILES string of the molecule is CC(=O)Nc1ccc(C(=O)COC(=O)c2ccc(CS(C)(=O)=O)cc2)cc1. The zero-order valence-electron chi connectivity index (χ0n) is 14.9. The molecule has 142 valence electrons. The minimum Gasteiger partial charge on any atom is -0.454 e. The fraction of sp³-hybridized carbons (Fsp3) is 0.211. The number of hydrogen-bond donors (Lipinski definition) is 1. The predicted molar refractivity (Wildman–Crippen MR) is 100 cm³/mol. The third kappa shape index (κ3) is 6.67. The van der Waals surface area contributed by atoms with Crippen LogP contribution in [0.5, 0.6) is 0 Å². The molecule has 2 aromatic rings. The second-order valence-electron chi connectivity index (χ2n) is 6.02. The van der Waals surface area contributed by atoms with Crippen molar-refractivity contribution in [2.75, 3.05) is 18.2 Å². The molecule has 0 atom stereocenters. The van der Waals surface area contributed by atoms with Crippen LogP contribution >= 0.6 is 0 Å². The van der Waals surface area contributed by atoms with Gasteiger partial charge in [-0.25, -0.2) is 13.2 Å². The molecule has 1 amide bonds. The van der Waals surface area contributed by atoms with Crippen LogP contribution < -0.4 is 5.32 Å². The molecule has 0 spiro atoms. The summed E-state index contributed by atoms with van der Waals surface area (Å²) in [6, 6.07) is 12.2. The van der Waals surface area contributed by atoms with Gasteiger partial charge in [0.05, 0.1) is 11.3 Å². The molecule has 7 nitrogen and oxygen atoms in total. The van der Waals surface area contributed by atoms with E-state index >= 15 is 0 Å². The third-order valence-corrected chi connectivity index (χ3v) is 4.34. The second-order valence-corrected chi connectivity index (χ2v) is 8.17. The lowest BCUT2D eigenvalue weighted by Gasteiger charge is -2.06. The topological polar surface area (TPSA) is 107 Å². The molecule has 0 aliphatic heterocycles. The summed E-state index contributed by atoms with van der Waals surface area (Å²) in [6.45, 7) is 0.954. The lowest BCUT2D eigenvalue weighted by atomic mass is 10.1. The quantitative estimate of drug-likeness (QED) is 0.575. The minimum absolute atomic E-state index is 0.116. The van der Waals surface area contributed by atoms with Crippen molar-refractivity contribution in [1.82, 2.24) is 0 Å². The number of ketones is 1. The Kier molecular flexibility index (Phi) is 6.46. The second kappa shape index (κ2) is 8.59. The van der Waals surface area contributed by atoms with E-state index in [0.717, 1.165) is 6.26 Å². The molecule has 2 rings (SSSR count). The first-order valence-corrected chi connectivity index (χ1v) is 10.0. The van der Waals surface area contributed by atoms with E-state index in [4.69, 9.17) is 4.74 Å². The van der Waals surface area contributed by atoms with Crippen molar-refractivity contribution in [3.8, 4) is 0 Å². The number of nitrogens with one attached hydrogen (secondary N) is 1. The number of rotatable bonds is 7. The zero-order chi connectivity index (χ0) is 20.0. The molecular weight excluding hydrogens is 370 g/mol. The molecule has 0 aliphatic rings. The lowest BCUT2D eigenvalue weighted by Crippen LogP contribution is -2.14. The molecule has 2 aromatic carbocycles. The Labute approximate surface area is 157 Å². The van der Waals surface area contributed by atoms with E-state index in [9.17, 15) is 22.8 Å². The van der Waals surface area contributed by atoms with Crippen LogP contribution in [0.3, 0.4) is 0 Å². The van der Waals surface area contributed by atoms with E-state index in [1.54, 1.807) is 12.1 Å². The van der Waals surface area contributed by atoms with E-state index in [0.29, 0.717) is 16.8 Å². The Morgan fingerprint density at radius 3 is 2.00 bits per heavy atom. The van der Waals surface area contributed by atoms with Crippen LogP contribution in [-0.2, 0) is 25.1 Å². The van der Waals surface area contributed by atoms with Gasteiger partial charge in [-0.3, -0.25) is 9.59 Å². The number of benzene rings is 2. The van der Waals surface area contributed by atoms with Gasteiger partial charge in [0.1, 0.15) is 0 Å². The standard InChI is InChI=1S/C19H19NO6S/c1-13(21)20-17-9-7-15(8-10-17)18(22)11-26-19(23)16-5-3-14(4-6-16)12-27(2,24)25/h3-10H,11-12H2,1-2H3,(H,20,21). The van der Waals surface area contributed by atoms with Gasteiger partial charge in [0.2, 0.25) is 5.91 Å². The maximum absolute atomic E-state index is 12.1. The van der Waals surface area contributed by atoms with Gasteiger partial charge < -0.3 is 10.1 Å². The summed E-state index contributed by atoms with van der Waals surface area (Å²) in [7, 11) is -3.16. The number of ether oxygens (including phenoxy) is 1. The summed E-state index contributed by atoms with van der Waals surface area (Å²) in [5, 5.41) is 2.59. The maximum Gasteiger partial charge on any atom is 0.338 e. The number of amides is 1. The van der Waals surface area contributed by atoms with Gasteiger partial charge in [-0.05, 0) is 42.0 Å². The van der Waals surface area contributed by atoms with E-state index in [1.807, 2.05) is 0 Å². The van der Waals surface area contributed by atoms with Crippen LogP contribution in [0.2, 0.25) is 0 Å². The summed E-state index contributed by atoms with van der Waals surface area (Å²) in [5.74, 6) is -1.39. The average Bonchev–Trinajstić information content (AvgIpc) is 2.59. The van der Waals surface area contributed by atoms with Crippen LogP contribution in [0.15, 0.2) is 48.5 Å². The molecule has 0 fully saturated rings. The first-order chi connectivity index (χ1) is 12.6. The van der Waals surface area contributed by atoms with Crippen molar-refractivity contribution in [2.24, 2.45) is 0 Å². The fourth-order valence-corrected chi connectivity index (χ4v) is 3.08. The van der Waals surface area contributed by atoms with Crippen molar-refractivity contribution in [3.63, 3.8) is 0 Å². The maximum atomic E-state index is 12.1. The molecule has 0 heterocycles. The molecule has 27 heavy (non-hydrogen) atoms.